The van der Waals surface area contributed by atoms with Crippen molar-refractivity contribution in [3.05, 3.63) is 34.7 Å². The minimum absolute atomic E-state index is 0.00846. The molecule has 2 rings (SSSR count). The number of amides is 1. The van der Waals surface area contributed by atoms with E-state index in [4.69, 9.17) is 0 Å². The number of aromatic nitrogens is 1. The van der Waals surface area contributed by atoms with E-state index in [0.29, 0.717) is 0 Å². The molecular weight excluding hydrogens is 244 g/mol. The summed E-state index contributed by atoms with van der Waals surface area (Å²) in [5, 5.41) is 5.96. The summed E-state index contributed by atoms with van der Waals surface area (Å²) in [6, 6.07) is 7.77. The van der Waals surface area contributed by atoms with E-state index in [1.165, 1.54) is 0 Å². The summed E-state index contributed by atoms with van der Waals surface area (Å²) >= 11 is 1.64. The molecule has 0 atom stereocenters. The molecule has 3 nitrogen and oxygen atoms in total. The van der Waals surface area contributed by atoms with Gasteiger partial charge in [0.15, 0.2) is 0 Å². The number of carbonyl (C=O) groups excluding carboxylic acids is 1. The Morgan fingerprint density at radius 2 is 1.94 bits per heavy atom. The van der Waals surface area contributed by atoms with Crippen molar-refractivity contribution in [3.63, 3.8) is 0 Å². The summed E-state index contributed by atoms with van der Waals surface area (Å²) in [7, 11) is 0. The first-order valence-electron chi connectivity index (χ1n) is 5.89. The maximum atomic E-state index is 11.5. The second-order valence-corrected chi connectivity index (χ2v) is 5.54. The minimum atomic E-state index is -0.00846. The molecule has 0 saturated heterocycles. The van der Waals surface area contributed by atoms with Crippen LogP contribution in [-0.4, -0.2) is 10.9 Å². The maximum Gasteiger partial charge on any atom is 0.226 e. The highest BCUT2D eigenvalue weighted by molar-refractivity contribution is 7.09. The molecule has 1 N–H and O–H groups in total. The lowest BCUT2D eigenvalue weighted by Gasteiger charge is -2.07. The summed E-state index contributed by atoms with van der Waals surface area (Å²) in [6.07, 6.45) is 0. The summed E-state index contributed by atoms with van der Waals surface area (Å²) in [5.74, 6) is 0.0260. The minimum Gasteiger partial charge on any atom is -0.326 e. The van der Waals surface area contributed by atoms with Gasteiger partial charge in [-0.05, 0) is 19.1 Å². The second-order valence-electron chi connectivity index (χ2n) is 4.47. The van der Waals surface area contributed by atoms with Gasteiger partial charge < -0.3 is 5.32 Å². The molecule has 0 unspecified atom stereocenters. The van der Waals surface area contributed by atoms with E-state index in [1.807, 2.05) is 50.4 Å². The fourth-order valence-corrected chi connectivity index (χ4v) is 2.13. The highest BCUT2D eigenvalue weighted by Crippen LogP contribution is 2.23. The quantitative estimate of drug-likeness (QED) is 0.914. The van der Waals surface area contributed by atoms with Crippen molar-refractivity contribution >= 4 is 22.9 Å². The molecule has 0 fully saturated rings. The van der Waals surface area contributed by atoms with Crippen LogP contribution in [0.4, 0.5) is 5.69 Å². The van der Waals surface area contributed by atoms with Crippen LogP contribution in [0.15, 0.2) is 29.6 Å². The number of anilines is 1. The number of carbonyl (C=O) groups is 1. The van der Waals surface area contributed by atoms with Gasteiger partial charge >= 0.3 is 0 Å². The number of nitrogens with one attached hydrogen (secondary N) is 1. The topological polar surface area (TPSA) is 42.0 Å². The third-order valence-corrected chi connectivity index (χ3v) is 3.37. The standard InChI is InChI=1S/C14H16N2OS/c1-9(2)14(17)16-12-6-4-11(5-7-12)13-8-18-10(3)15-13/h4-9H,1-3H3,(H,16,17). The average Bonchev–Trinajstić information content (AvgIpc) is 2.76. The molecule has 0 aliphatic heterocycles. The summed E-state index contributed by atoms with van der Waals surface area (Å²) < 4.78 is 0. The smallest absolute Gasteiger partial charge is 0.226 e. The lowest BCUT2D eigenvalue weighted by Crippen LogP contribution is -2.17. The van der Waals surface area contributed by atoms with Gasteiger partial charge in [0, 0.05) is 22.5 Å². The molecule has 0 radical (unpaired) electrons. The van der Waals surface area contributed by atoms with Crippen LogP contribution in [-0.2, 0) is 4.79 Å². The molecule has 0 bridgehead atoms. The molecule has 0 aliphatic carbocycles. The first-order valence-corrected chi connectivity index (χ1v) is 6.77. The molecule has 2 aromatic rings. The van der Waals surface area contributed by atoms with E-state index < -0.39 is 0 Å². The molecule has 18 heavy (non-hydrogen) atoms. The van der Waals surface area contributed by atoms with Crippen LogP contribution in [0.1, 0.15) is 18.9 Å². The van der Waals surface area contributed by atoms with E-state index in [1.54, 1.807) is 11.3 Å². The maximum absolute atomic E-state index is 11.5. The zero-order chi connectivity index (χ0) is 13.1. The number of nitrogens with zero attached hydrogens (tertiary/aromatic N) is 1. The molecule has 0 spiro atoms. The SMILES string of the molecule is Cc1nc(-c2ccc(NC(=O)C(C)C)cc2)cs1. The Balaban J connectivity index is 2.13. The summed E-state index contributed by atoms with van der Waals surface area (Å²) in [4.78, 5) is 16.0. The fraction of sp³-hybridized carbons (Fsp3) is 0.286. The van der Waals surface area contributed by atoms with Crippen molar-refractivity contribution in [3.8, 4) is 11.3 Å². The number of hydrogen-bond acceptors (Lipinski definition) is 3. The highest BCUT2D eigenvalue weighted by Gasteiger charge is 2.07. The Bertz CT molecular complexity index is 543. The van der Waals surface area contributed by atoms with Crippen LogP contribution in [0.2, 0.25) is 0 Å². The van der Waals surface area contributed by atoms with Crippen LogP contribution in [0.25, 0.3) is 11.3 Å². The Labute approximate surface area is 111 Å². The van der Waals surface area contributed by atoms with E-state index >= 15 is 0 Å². The number of benzene rings is 1. The number of thiazole rings is 1. The summed E-state index contributed by atoms with van der Waals surface area (Å²) in [6.45, 7) is 5.74. The van der Waals surface area contributed by atoms with E-state index in [-0.39, 0.29) is 11.8 Å². The fourth-order valence-electron chi connectivity index (χ4n) is 1.51. The largest absolute Gasteiger partial charge is 0.326 e. The molecule has 94 valence electrons. The Hall–Kier alpha value is -1.68. The van der Waals surface area contributed by atoms with E-state index in [2.05, 4.69) is 10.3 Å². The van der Waals surface area contributed by atoms with Gasteiger partial charge in [0.1, 0.15) is 0 Å². The van der Waals surface area contributed by atoms with Gasteiger partial charge in [-0.25, -0.2) is 4.98 Å². The van der Waals surface area contributed by atoms with Gasteiger partial charge in [-0.15, -0.1) is 11.3 Å². The van der Waals surface area contributed by atoms with Gasteiger partial charge in [0.25, 0.3) is 0 Å². The van der Waals surface area contributed by atoms with Crippen LogP contribution in [0, 0.1) is 12.8 Å². The van der Waals surface area contributed by atoms with Crippen molar-refractivity contribution in [2.75, 3.05) is 5.32 Å². The van der Waals surface area contributed by atoms with Crippen molar-refractivity contribution < 1.29 is 4.79 Å². The lowest BCUT2D eigenvalue weighted by molar-refractivity contribution is -0.118. The normalized spacial score (nSPS) is 10.7. The molecule has 4 heteroatoms. The molecule has 0 aliphatic rings. The van der Waals surface area contributed by atoms with Crippen LogP contribution < -0.4 is 5.32 Å². The average molecular weight is 260 g/mol. The van der Waals surface area contributed by atoms with Crippen LogP contribution >= 0.6 is 11.3 Å². The molecular formula is C14H16N2OS. The number of rotatable bonds is 3. The Morgan fingerprint density at radius 3 is 2.44 bits per heavy atom. The van der Waals surface area contributed by atoms with Crippen molar-refractivity contribution in [2.24, 2.45) is 5.92 Å². The van der Waals surface area contributed by atoms with Crippen molar-refractivity contribution in [1.82, 2.24) is 4.98 Å². The molecule has 1 amide bonds. The highest BCUT2D eigenvalue weighted by atomic mass is 32.1. The first-order chi connectivity index (χ1) is 8.56. The second kappa shape index (κ2) is 5.31. The van der Waals surface area contributed by atoms with Crippen LogP contribution in [0.3, 0.4) is 0 Å². The predicted octanol–water partition coefficient (Wildman–Crippen LogP) is 3.71. The zero-order valence-corrected chi connectivity index (χ0v) is 11.5. The number of aryl methyl sites for hydroxylation is 1. The summed E-state index contributed by atoms with van der Waals surface area (Å²) in [5.41, 5.74) is 2.88. The first kappa shape index (κ1) is 12.8. The van der Waals surface area contributed by atoms with Gasteiger partial charge in [-0.1, -0.05) is 26.0 Å². The van der Waals surface area contributed by atoms with E-state index in [9.17, 15) is 4.79 Å². The molecule has 0 saturated carbocycles. The van der Waals surface area contributed by atoms with Gasteiger partial charge in [-0.3, -0.25) is 4.79 Å². The molecule has 1 heterocycles. The van der Waals surface area contributed by atoms with Gasteiger partial charge in [0.05, 0.1) is 10.7 Å². The monoisotopic (exact) mass is 260 g/mol. The van der Waals surface area contributed by atoms with Crippen LogP contribution in [0.5, 0.6) is 0 Å². The number of hydrogen-bond donors (Lipinski definition) is 1. The zero-order valence-electron chi connectivity index (χ0n) is 10.7. The predicted molar refractivity (Wildman–Crippen MR) is 75.8 cm³/mol. The molecule has 1 aromatic carbocycles. The van der Waals surface area contributed by atoms with Gasteiger partial charge in [-0.2, -0.15) is 0 Å². The third kappa shape index (κ3) is 2.96. The lowest BCUT2D eigenvalue weighted by atomic mass is 10.1. The van der Waals surface area contributed by atoms with Gasteiger partial charge in [0.2, 0.25) is 5.91 Å². The van der Waals surface area contributed by atoms with Crippen molar-refractivity contribution in [1.29, 1.82) is 0 Å². The van der Waals surface area contributed by atoms with E-state index in [0.717, 1.165) is 22.0 Å². The molecule has 1 aromatic heterocycles. The Morgan fingerprint density at radius 1 is 1.28 bits per heavy atom. The van der Waals surface area contributed by atoms with Crippen molar-refractivity contribution in [2.45, 2.75) is 20.8 Å². The third-order valence-electron chi connectivity index (χ3n) is 2.59. The Kier molecular flexibility index (Phi) is 3.77.